The van der Waals surface area contributed by atoms with Crippen molar-refractivity contribution >= 4 is 23.0 Å². The zero-order valence-electron chi connectivity index (χ0n) is 14.8. The summed E-state index contributed by atoms with van der Waals surface area (Å²) in [4.78, 5) is 10.8. The fourth-order valence-electron chi connectivity index (χ4n) is 3.41. The second-order valence-corrected chi connectivity index (χ2v) is 6.56. The first-order chi connectivity index (χ1) is 12.9. The number of halogens is 3. The molecule has 0 spiro atoms. The first-order valence-electron chi connectivity index (χ1n) is 8.57. The van der Waals surface area contributed by atoms with E-state index >= 15 is 0 Å². The van der Waals surface area contributed by atoms with Crippen molar-refractivity contribution in [2.24, 2.45) is 0 Å². The predicted molar refractivity (Wildman–Crippen MR) is 98.1 cm³/mol. The molecule has 0 saturated heterocycles. The Morgan fingerprint density at radius 2 is 1.81 bits per heavy atom. The van der Waals surface area contributed by atoms with Crippen LogP contribution in [0.15, 0.2) is 42.5 Å². The van der Waals surface area contributed by atoms with E-state index in [1.54, 1.807) is 13.0 Å². The van der Waals surface area contributed by atoms with Crippen LogP contribution in [-0.2, 0) is 6.42 Å². The summed E-state index contributed by atoms with van der Waals surface area (Å²) in [6.45, 7) is 3.82. The number of aromatic nitrogens is 2. The molecule has 3 aromatic rings. The number of hydrogen-bond donors (Lipinski definition) is 1. The van der Waals surface area contributed by atoms with Crippen molar-refractivity contribution in [1.82, 2.24) is 9.97 Å². The van der Waals surface area contributed by atoms with E-state index in [0.717, 1.165) is 24.2 Å². The average Bonchev–Trinajstić information content (AvgIpc) is 2.97. The summed E-state index contributed by atoms with van der Waals surface area (Å²) >= 11 is 0. The number of benzene rings is 2. The Bertz CT molecular complexity index is 1020. The Kier molecular flexibility index (Phi) is 4.22. The maximum absolute atomic E-state index is 14.0. The van der Waals surface area contributed by atoms with Gasteiger partial charge in [0.05, 0.1) is 5.69 Å². The molecule has 1 aliphatic rings. The van der Waals surface area contributed by atoms with Gasteiger partial charge in [-0.1, -0.05) is 18.2 Å². The molecule has 138 valence electrons. The molecule has 1 unspecified atom stereocenters. The number of aryl methyl sites for hydroxylation is 1. The normalized spacial score (nSPS) is 15.7. The minimum Gasteiger partial charge on any atom is -0.338 e. The number of nitrogens with zero attached hydrogens (tertiary/aromatic N) is 3. The fraction of sp³-hybridized carbons (Fsp3) is 0.200. The summed E-state index contributed by atoms with van der Waals surface area (Å²) in [7, 11) is 0. The van der Waals surface area contributed by atoms with Crippen LogP contribution in [0.4, 0.5) is 36.2 Å². The molecule has 0 radical (unpaired) electrons. The van der Waals surface area contributed by atoms with Crippen LogP contribution in [0.3, 0.4) is 0 Å². The van der Waals surface area contributed by atoms with Crippen LogP contribution in [0.25, 0.3) is 0 Å². The number of hydrogen-bond acceptors (Lipinski definition) is 4. The molecule has 2 heterocycles. The summed E-state index contributed by atoms with van der Waals surface area (Å²) in [5, 5.41) is 2.72. The molecule has 0 amide bonds. The first kappa shape index (κ1) is 17.3. The highest BCUT2D eigenvalue weighted by molar-refractivity contribution is 5.71. The zero-order valence-corrected chi connectivity index (χ0v) is 14.8. The minimum atomic E-state index is -1.52. The third kappa shape index (κ3) is 3.09. The number of anilines is 4. The Labute approximate surface area is 154 Å². The highest BCUT2D eigenvalue weighted by atomic mass is 19.2. The molecular formula is C20H17F3N4. The Morgan fingerprint density at radius 3 is 2.63 bits per heavy atom. The van der Waals surface area contributed by atoms with E-state index in [-0.39, 0.29) is 11.7 Å². The Hall–Kier alpha value is -3.09. The lowest BCUT2D eigenvalue weighted by Crippen LogP contribution is -2.25. The van der Waals surface area contributed by atoms with Gasteiger partial charge < -0.3 is 10.2 Å². The Morgan fingerprint density at radius 1 is 1.04 bits per heavy atom. The first-order valence-corrected chi connectivity index (χ1v) is 8.57. The molecule has 4 nitrogen and oxygen atoms in total. The van der Waals surface area contributed by atoms with Crippen molar-refractivity contribution in [3.63, 3.8) is 0 Å². The van der Waals surface area contributed by atoms with Crippen LogP contribution in [0.2, 0.25) is 0 Å². The SMILES string of the molecule is Cc1nc(Nc2ccc(F)c(F)c2F)cc(N2c3ccccc3CC2C)n1. The van der Waals surface area contributed by atoms with Gasteiger partial charge in [0, 0.05) is 17.8 Å². The average molecular weight is 370 g/mol. The van der Waals surface area contributed by atoms with Gasteiger partial charge in [-0.05, 0) is 44.0 Å². The number of fused-ring (bicyclic) bond motifs is 1. The van der Waals surface area contributed by atoms with E-state index in [9.17, 15) is 13.2 Å². The van der Waals surface area contributed by atoms with Gasteiger partial charge in [0.25, 0.3) is 0 Å². The second kappa shape index (κ2) is 6.57. The van der Waals surface area contributed by atoms with Crippen LogP contribution in [0, 0.1) is 24.4 Å². The van der Waals surface area contributed by atoms with Crippen molar-refractivity contribution in [3.8, 4) is 0 Å². The predicted octanol–water partition coefficient (Wildman–Crippen LogP) is 5.03. The van der Waals surface area contributed by atoms with Gasteiger partial charge in [0.1, 0.15) is 17.5 Å². The zero-order chi connectivity index (χ0) is 19.1. The van der Waals surface area contributed by atoms with Crippen molar-refractivity contribution < 1.29 is 13.2 Å². The molecule has 1 N–H and O–H groups in total. The molecule has 1 aromatic heterocycles. The fourth-order valence-corrected chi connectivity index (χ4v) is 3.41. The van der Waals surface area contributed by atoms with Crippen molar-refractivity contribution in [3.05, 3.63) is 71.3 Å². The van der Waals surface area contributed by atoms with E-state index in [0.29, 0.717) is 17.5 Å². The molecule has 0 bridgehead atoms. The standard InChI is InChI=1S/C20H17F3N4/c1-11-9-13-5-3-4-6-16(13)27(11)18-10-17(24-12(2)25-18)26-15-8-7-14(21)19(22)20(15)23/h3-8,10-11H,9H2,1-2H3,(H,24,25,26). The molecule has 1 atom stereocenters. The third-order valence-corrected chi connectivity index (χ3v) is 4.58. The quantitative estimate of drug-likeness (QED) is 0.657. The smallest absolute Gasteiger partial charge is 0.196 e. The molecule has 7 heteroatoms. The molecule has 0 saturated carbocycles. The van der Waals surface area contributed by atoms with Crippen LogP contribution >= 0.6 is 0 Å². The van der Waals surface area contributed by atoms with E-state index in [1.165, 1.54) is 5.56 Å². The van der Waals surface area contributed by atoms with Crippen LogP contribution in [0.5, 0.6) is 0 Å². The topological polar surface area (TPSA) is 41.1 Å². The van der Waals surface area contributed by atoms with E-state index in [4.69, 9.17) is 0 Å². The second-order valence-electron chi connectivity index (χ2n) is 6.56. The lowest BCUT2D eigenvalue weighted by atomic mass is 10.1. The van der Waals surface area contributed by atoms with Gasteiger partial charge in [0.15, 0.2) is 17.5 Å². The van der Waals surface area contributed by atoms with Crippen molar-refractivity contribution in [1.29, 1.82) is 0 Å². The van der Waals surface area contributed by atoms with Crippen LogP contribution < -0.4 is 10.2 Å². The largest absolute Gasteiger partial charge is 0.338 e. The summed E-state index contributed by atoms with van der Waals surface area (Å²) < 4.78 is 40.6. The summed E-state index contributed by atoms with van der Waals surface area (Å²) in [5.74, 6) is -2.60. The minimum absolute atomic E-state index is 0.187. The van der Waals surface area contributed by atoms with Crippen LogP contribution in [-0.4, -0.2) is 16.0 Å². The molecule has 1 aliphatic heterocycles. The number of para-hydroxylation sites is 1. The van der Waals surface area contributed by atoms with Gasteiger partial charge in [-0.15, -0.1) is 0 Å². The summed E-state index contributed by atoms with van der Waals surface area (Å²) in [5.41, 5.74) is 2.10. The molecule has 2 aromatic carbocycles. The number of nitrogens with one attached hydrogen (secondary N) is 1. The van der Waals surface area contributed by atoms with E-state index < -0.39 is 17.5 Å². The monoisotopic (exact) mass is 370 g/mol. The lowest BCUT2D eigenvalue weighted by molar-refractivity contribution is 0.449. The molecule has 4 rings (SSSR count). The van der Waals surface area contributed by atoms with E-state index in [2.05, 4.69) is 33.2 Å². The maximum atomic E-state index is 14.0. The highest BCUT2D eigenvalue weighted by Gasteiger charge is 2.28. The van der Waals surface area contributed by atoms with Gasteiger partial charge in [-0.2, -0.15) is 0 Å². The van der Waals surface area contributed by atoms with Crippen molar-refractivity contribution in [2.75, 3.05) is 10.2 Å². The third-order valence-electron chi connectivity index (χ3n) is 4.58. The summed E-state index contributed by atoms with van der Waals surface area (Å²) in [6, 6.07) is 11.9. The van der Waals surface area contributed by atoms with E-state index in [1.807, 2.05) is 18.2 Å². The molecular weight excluding hydrogens is 353 g/mol. The lowest BCUT2D eigenvalue weighted by Gasteiger charge is -2.24. The highest BCUT2D eigenvalue weighted by Crippen LogP contribution is 2.38. The van der Waals surface area contributed by atoms with Gasteiger partial charge in [-0.25, -0.2) is 23.1 Å². The van der Waals surface area contributed by atoms with Gasteiger partial charge in [-0.3, -0.25) is 0 Å². The van der Waals surface area contributed by atoms with Gasteiger partial charge in [0.2, 0.25) is 0 Å². The maximum Gasteiger partial charge on any atom is 0.196 e. The Balaban J connectivity index is 1.72. The molecule has 0 fully saturated rings. The molecule has 27 heavy (non-hydrogen) atoms. The molecule has 0 aliphatic carbocycles. The number of rotatable bonds is 3. The van der Waals surface area contributed by atoms with Crippen LogP contribution in [0.1, 0.15) is 18.3 Å². The summed E-state index contributed by atoms with van der Waals surface area (Å²) in [6.07, 6.45) is 0.889. The van der Waals surface area contributed by atoms with Gasteiger partial charge >= 0.3 is 0 Å². The van der Waals surface area contributed by atoms with Crippen molar-refractivity contribution in [2.45, 2.75) is 26.3 Å².